The molecule has 0 radical (unpaired) electrons. The van der Waals surface area contributed by atoms with Gasteiger partial charge in [0, 0.05) is 11.6 Å². The maximum atomic E-state index is 12.6. The van der Waals surface area contributed by atoms with Crippen molar-refractivity contribution in [2.24, 2.45) is 0 Å². The molecule has 0 saturated carbocycles. The molecule has 156 valence electrons. The first kappa shape index (κ1) is 21.7. The zero-order valence-electron chi connectivity index (χ0n) is 17.1. The molecule has 0 spiro atoms. The maximum absolute atomic E-state index is 12.6. The molecule has 1 aromatic heterocycles. The standard InChI is InChI=1S/C23H25N3O3S/c1-3-6-17-10-12-18(13-11-17)23(20-9-5-14-30-20)24-15-21(27)25-22-16(2)7-4-8-19(22)26(28)29/h4-5,7-14,23-24H,3,6,15H2,1-2H3,(H,25,27)/p+1/t23-/m1/s1. The number of anilines is 1. The lowest BCUT2D eigenvalue weighted by Crippen LogP contribution is -2.87. The summed E-state index contributed by atoms with van der Waals surface area (Å²) in [7, 11) is 0. The summed E-state index contributed by atoms with van der Waals surface area (Å²) >= 11 is 1.65. The average molecular weight is 425 g/mol. The van der Waals surface area contributed by atoms with E-state index in [-0.39, 0.29) is 29.9 Å². The summed E-state index contributed by atoms with van der Waals surface area (Å²) in [6.07, 6.45) is 2.15. The van der Waals surface area contributed by atoms with Crippen molar-refractivity contribution in [3.05, 3.63) is 91.7 Å². The minimum Gasteiger partial charge on any atom is -0.328 e. The molecule has 0 unspecified atom stereocenters. The van der Waals surface area contributed by atoms with E-state index in [0.717, 1.165) is 23.3 Å². The predicted octanol–water partition coefficient (Wildman–Crippen LogP) is 4.21. The molecule has 3 rings (SSSR count). The van der Waals surface area contributed by atoms with Crippen molar-refractivity contribution in [2.75, 3.05) is 11.9 Å². The van der Waals surface area contributed by atoms with Gasteiger partial charge in [0.05, 0.1) is 9.80 Å². The molecule has 0 aliphatic carbocycles. The molecule has 7 heteroatoms. The highest BCUT2D eigenvalue weighted by Crippen LogP contribution is 2.27. The third-order valence-corrected chi connectivity index (χ3v) is 5.93. The summed E-state index contributed by atoms with van der Waals surface area (Å²) in [5.41, 5.74) is 3.27. The molecular formula is C23H26N3O3S+. The Kier molecular flexibility index (Phi) is 7.32. The van der Waals surface area contributed by atoms with Gasteiger partial charge in [0.15, 0.2) is 6.54 Å². The zero-order chi connectivity index (χ0) is 21.5. The van der Waals surface area contributed by atoms with Crippen molar-refractivity contribution in [3.63, 3.8) is 0 Å². The van der Waals surface area contributed by atoms with E-state index in [9.17, 15) is 14.9 Å². The molecule has 0 saturated heterocycles. The number of amides is 1. The highest BCUT2D eigenvalue weighted by molar-refractivity contribution is 7.10. The van der Waals surface area contributed by atoms with Crippen LogP contribution < -0.4 is 10.6 Å². The number of quaternary nitrogens is 1. The topological polar surface area (TPSA) is 88.8 Å². The number of nitrogens with one attached hydrogen (secondary N) is 1. The minimum atomic E-state index is -0.474. The number of benzene rings is 2. The van der Waals surface area contributed by atoms with Gasteiger partial charge in [0.1, 0.15) is 11.7 Å². The van der Waals surface area contributed by atoms with Gasteiger partial charge in [-0.05, 0) is 35.9 Å². The van der Waals surface area contributed by atoms with E-state index in [0.29, 0.717) is 5.56 Å². The van der Waals surface area contributed by atoms with Crippen LogP contribution in [0.2, 0.25) is 0 Å². The molecule has 1 atom stereocenters. The molecule has 0 bridgehead atoms. The number of carbonyl (C=O) groups is 1. The highest BCUT2D eigenvalue weighted by Gasteiger charge is 2.22. The van der Waals surface area contributed by atoms with Crippen molar-refractivity contribution < 1.29 is 15.0 Å². The summed E-state index contributed by atoms with van der Waals surface area (Å²) < 4.78 is 0. The van der Waals surface area contributed by atoms with Crippen molar-refractivity contribution in [1.82, 2.24) is 0 Å². The monoisotopic (exact) mass is 424 g/mol. The van der Waals surface area contributed by atoms with Gasteiger partial charge in [-0.15, -0.1) is 11.3 Å². The molecule has 1 amide bonds. The fourth-order valence-electron chi connectivity index (χ4n) is 3.45. The number of aryl methyl sites for hydroxylation is 2. The van der Waals surface area contributed by atoms with Crippen molar-refractivity contribution >= 4 is 28.6 Å². The van der Waals surface area contributed by atoms with E-state index in [1.165, 1.54) is 11.6 Å². The quantitative estimate of drug-likeness (QED) is 0.398. The molecular weight excluding hydrogens is 398 g/mol. The third kappa shape index (κ3) is 5.31. The number of hydrogen-bond acceptors (Lipinski definition) is 4. The second-order valence-corrected chi connectivity index (χ2v) is 8.18. The fourth-order valence-corrected chi connectivity index (χ4v) is 4.30. The lowest BCUT2D eigenvalue weighted by molar-refractivity contribution is -0.675. The maximum Gasteiger partial charge on any atom is 0.293 e. The molecule has 6 nitrogen and oxygen atoms in total. The van der Waals surface area contributed by atoms with E-state index >= 15 is 0 Å². The molecule has 2 aromatic carbocycles. The fraction of sp³-hybridized carbons (Fsp3) is 0.261. The van der Waals surface area contributed by atoms with Crippen LogP contribution in [0.1, 0.15) is 41.0 Å². The molecule has 0 fully saturated rings. The van der Waals surface area contributed by atoms with Crippen LogP contribution in [0.15, 0.2) is 60.0 Å². The SMILES string of the molecule is CCCc1ccc([C@@H]([NH2+]CC(=O)Nc2c(C)cccc2[N+](=O)[O-])c2cccs2)cc1. The zero-order valence-corrected chi connectivity index (χ0v) is 17.9. The van der Waals surface area contributed by atoms with Crippen molar-refractivity contribution in [2.45, 2.75) is 32.7 Å². The normalized spacial score (nSPS) is 11.8. The number of rotatable bonds is 9. The summed E-state index contributed by atoms with van der Waals surface area (Å²) in [5, 5.41) is 18.0. The van der Waals surface area contributed by atoms with Crippen LogP contribution in [0.4, 0.5) is 11.4 Å². The van der Waals surface area contributed by atoms with Crippen LogP contribution in [0.5, 0.6) is 0 Å². The lowest BCUT2D eigenvalue weighted by Gasteiger charge is -2.16. The number of nitro groups is 1. The second-order valence-electron chi connectivity index (χ2n) is 7.20. The van der Waals surface area contributed by atoms with E-state index in [2.05, 4.69) is 42.6 Å². The van der Waals surface area contributed by atoms with Gasteiger partial charge in [-0.3, -0.25) is 14.9 Å². The lowest BCUT2D eigenvalue weighted by atomic mass is 10.0. The van der Waals surface area contributed by atoms with E-state index in [1.54, 1.807) is 30.4 Å². The number of nitrogens with zero attached hydrogens (tertiary/aromatic N) is 1. The van der Waals surface area contributed by atoms with Crippen molar-refractivity contribution in [1.29, 1.82) is 0 Å². The Morgan fingerprint density at radius 2 is 1.93 bits per heavy atom. The number of hydrogen-bond donors (Lipinski definition) is 2. The second kappa shape index (κ2) is 10.1. The van der Waals surface area contributed by atoms with Crippen LogP contribution in [0.25, 0.3) is 0 Å². The molecule has 0 aliphatic heterocycles. The molecule has 3 N–H and O–H groups in total. The summed E-state index contributed by atoms with van der Waals surface area (Å²) in [6, 6.07) is 17.4. The number of para-hydroxylation sites is 1. The smallest absolute Gasteiger partial charge is 0.293 e. The van der Waals surface area contributed by atoms with Gasteiger partial charge in [-0.2, -0.15) is 0 Å². The van der Waals surface area contributed by atoms with Crippen LogP contribution in [-0.4, -0.2) is 17.4 Å². The van der Waals surface area contributed by atoms with E-state index < -0.39 is 4.92 Å². The average Bonchev–Trinajstić information content (AvgIpc) is 3.25. The van der Waals surface area contributed by atoms with Gasteiger partial charge in [-0.25, -0.2) is 0 Å². The van der Waals surface area contributed by atoms with E-state index in [4.69, 9.17) is 0 Å². The molecule has 0 aliphatic rings. The largest absolute Gasteiger partial charge is 0.328 e. The first-order valence-electron chi connectivity index (χ1n) is 9.99. The first-order valence-corrected chi connectivity index (χ1v) is 10.9. The highest BCUT2D eigenvalue weighted by atomic mass is 32.1. The summed E-state index contributed by atoms with van der Waals surface area (Å²) in [6.45, 7) is 4.07. The van der Waals surface area contributed by atoms with Crippen molar-refractivity contribution in [3.8, 4) is 0 Å². The predicted molar refractivity (Wildman–Crippen MR) is 120 cm³/mol. The van der Waals surface area contributed by atoms with Gasteiger partial charge in [0.2, 0.25) is 0 Å². The molecule has 1 heterocycles. The van der Waals surface area contributed by atoms with Crippen LogP contribution in [0, 0.1) is 17.0 Å². The molecule has 3 aromatic rings. The van der Waals surface area contributed by atoms with E-state index in [1.807, 2.05) is 16.8 Å². The van der Waals surface area contributed by atoms with Gasteiger partial charge < -0.3 is 10.6 Å². The van der Waals surface area contributed by atoms with Crippen LogP contribution >= 0.6 is 11.3 Å². The molecule has 30 heavy (non-hydrogen) atoms. The Labute approximate surface area is 180 Å². The van der Waals surface area contributed by atoms with Crippen LogP contribution in [-0.2, 0) is 11.2 Å². The third-order valence-electron chi connectivity index (χ3n) is 4.98. The van der Waals surface area contributed by atoms with Gasteiger partial charge >= 0.3 is 0 Å². The number of carbonyl (C=O) groups excluding carboxylic acids is 1. The first-order chi connectivity index (χ1) is 14.5. The minimum absolute atomic E-state index is 0.00159. The number of nitro benzene ring substituents is 1. The van der Waals surface area contributed by atoms with Gasteiger partial charge in [-0.1, -0.05) is 55.8 Å². The number of nitrogens with two attached hydrogens (primary N) is 1. The van der Waals surface area contributed by atoms with Gasteiger partial charge in [0.25, 0.3) is 11.6 Å². The Bertz CT molecular complexity index is 1000. The Balaban J connectivity index is 1.74. The Morgan fingerprint density at radius 1 is 1.17 bits per heavy atom. The number of thiophene rings is 1. The Morgan fingerprint density at radius 3 is 2.57 bits per heavy atom. The summed E-state index contributed by atoms with van der Waals surface area (Å²) in [5.74, 6) is -0.267. The van der Waals surface area contributed by atoms with Crippen LogP contribution in [0.3, 0.4) is 0 Å². The summed E-state index contributed by atoms with van der Waals surface area (Å²) in [4.78, 5) is 24.6. The Hall–Kier alpha value is -3.03.